The van der Waals surface area contributed by atoms with Crippen LogP contribution in [0.2, 0.25) is 0 Å². The fourth-order valence-corrected chi connectivity index (χ4v) is 1.91. The van der Waals surface area contributed by atoms with E-state index in [4.69, 9.17) is 0 Å². The first-order chi connectivity index (χ1) is 9.77. The fourth-order valence-electron chi connectivity index (χ4n) is 1.91. The Morgan fingerprint density at radius 2 is 1.76 bits per heavy atom. The Kier molecular flexibility index (Phi) is 4.02. The standard InChI is InChI=1S/C16H14F3NO/c1-10-4-3-5-12(8-10)15(21)20-14-9-13(16(17,18)19)7-6-11(14)2/h3-9H,1-2H3,(H,20,21). The van der Waals surface area contributed by atoms with Crippen molar-refractivity contribution in [2.75, 3.05) is 5.32 Å². The highest BCUT2D eigenvalue weighted by Crippen LogP contribution is 2.32. The van der Waals surface area contributed by atoms with E-state index in [-0.39, 0.29) is 5.69 Å². The van der Waals surface area contributed by atoms with Crippen LogP contribution in [0.3, 0.4) is 0 Å². The summed E-state index contributed by atoms with van der Waals surface area (Å²) in [4.78, 5) is 12.1. The van der Waals surface area contributed by atoms with E-state index in [1.54, 1.807) is 25.1 Å². The molecule has 2 aromatic rings. The number of hydrogen-bond acceptors (Lipinski definition) is 1. The fraction of sp³-hybridized carbons (Fsp3) is 0.188. The van der Waals surface area contributed by atoms with Crippen LogP contribution in [0.1, 0.15) is 27.0 Å². The molecule has 0 heterocycles. The van der Waals surface area contributed by atoms with Crippen LogP contribution in [0.15, 0.2) is 42.5 Å². The molecule has 0 radical (unpaired) electrons. The number of aryl methyl sites for hydroxylation is 2. The highest BCUT2D eigenvalue weighted by molar-refractivity contribution is 6.04. The van der Waals surface area contributed by atoms with Crippen molar-refractivity contribution in [3.05, 3.63) is 64.7 Å². The predicted octanol–water partition coefficient (Wildman–Crippen LogP) is 4.57. The molecule has 1 N–H and O–H groups in total. The van der Waals surface area contributed by atoms with Gasteiger partial charge in [0.15, 0.2) is 0 Å². The maximum atomic E-state index is 12.7. The molecule has 0 bridgehead atoms. The molecular formula is C16H14F3NO. The van der Waals surface area contributed by atoms with Crippen LogP contribution in [-0.2, 0) is 6.18 Å². The van der Waals surface area contributed by atoms with E-state index >= 15 is 0 Å². The summed E-state index contributed by atoms with van der Waals surface area (Å²) in [5, 5.41) is 2.53. The van der Waals surface area contributed by atoms with Gasteiger partial charge < -0.3 is 5.32 Å². The molecule has 2 rings (SSSR count). The summed E-state index contributed by atoms with van der Waals surface area (Å²) in [6, 6.07) is 10.1. The Morgan fingerprint density at radius 1 is 1.05 bits per heavy atom. The van der Waals surface area contributed by atoms with Crippen molar-refractivity contribution in [3.8, 4) is 0 Å². The van der Waals surface area contributed by atoms with Crippen LogP contribution in [0, 0.1) is 13.8 Å². The zero-order valence-electron chi connectivity index (χ0n) is 11.6. The Bertz CT molecular complexity index is 677. The van der Waals surface area contributed by atoms with Gasteiger partial charge in [-0.05, 0) is 43.7 Å². The first kappa shape index (κ1) is 15.1. The number of anilines is 1. The van der Waals surface area contributed by atoms with Crippen molar-refractivity contribution in [1.82, 2.24) is 0 Å². The lowest BCUT2D eigenvalue weighted by atomic mass is 10.1. The highest BCUT2D eigenvalue weighted by atomic mass is 19.4. The molecular weight excluding hydrogens is 279 g/mol. The molecule has 5 heteroatoms. The van der Waals surface area contributed by atoms with Crippen LogP contribution >= 0.6 is 0 Å². The van der Waals surface area contributed by atoms with E-state index in [0.29, 0.717) is 11.1 Å². The molecule has 0 saturated carbocycles. The Morgan fingerprint density at radius 3 is 2.38 bits per heavy atom. The Balaban J connectivity index is 2.29. The summed E-state index contributed by atoms with van der Waals surface area (Å²) in [5.74, 6) is -0.430. The van der Waals surface area contributed by atoms with Crippen LogP contribution in [0.25, 0.3) is 0 Å². The summed E-state index contributed by atoms with van der Waals surface area (Å²) in [5.41, 5.74) is 1.27. The number of carbonyl (C=O) groups excluding carboxylic acids is 1. The third kappa shape index (κ3) is 3.62. The molecule has 21 heavy (non-hydrogen) atoms. The van der Waals surface area contributed by atoms with Gasteiger partial charge in [0, 0.05) is 11.3 Å². The molecule has 2 aromatic carbocycles. The third-order valence-corrected chi connectivity index (χ3v) is 3.09. The molecule has 0 aliphatic rings. The summed E-state index contributed by atoms with van der Waals surface area (Å²) in [6.45, 7) is 3.48. The molecule has 0 aliphatic heterocycles. The lowest BCUT2D eigenvalue weighted by Gasteiger charge is -2.12. The van der Waals surface area contributed by atoms with Gasteiger partial charge in [-0.3, -0.25) is 4.79 Å². The van der Waals surface area contributed by atoms with Gasteiger partial charge in [0.05, 0.1) is 5.56 Å². The van der Waals surface area contributed by atoms with Crippen LogP contribution in [-0.4, -0.2) is 5.91 Å². The van der Waals surface area contributed by atoms with Gasteiger partial charge in [-0.2, -0.15) is 13.2 Å². The average Bonchev–Trinajstić information content (AvgIpc) is 2.40. The number of rotatable bonds is 2. The third-order valence-electron chi connectivity index (χ3n) is 3.09. The van der Waals surface area contributed by atoms with Crippen molar-refractivity contribution in [2.24, 2.45) is 0 Å². The normalized spacial score (nSPS) is 11.3. The highest BCUT2D eigenvalue weighted by Gasteiger charge is 2.30. The summed E-state index contributed by atoms with van der Waals surface area (Å²) < 4.78 is 38.1. The van der Waals surface area contributed by atoms with E-state index in [1.165, 1.54) is 6.07 Å². The molecule has 2 nitrogen and oxygen atoms in total. The van der Waals surface area contributed by atoms with Crippen molar-refractivity contribution in [3.63, 3.8) is 0 Å². The molecule has 0 aromatic heterocycles. The van der Waals surface area contributed by atoms with Crippen molar-refractivity contribution >= 4 is 11.6 Å². The lowest BCUT2D eigenvalue weighted by Crippen LogP contribution is -2.14. The minimum atomic E-state index is -4.43. The number of hydrogen-bond donors (Lipinski definition) is 1. The first-order valence-electron chi connectivity index (χ1n) is 6.33. The molecule has 0 saturated heterocycles. The second-order valence-corrected chi connectivity index (χ2v) is 4.85. The summed E-state index contributed by atoms with van der Waals surface area (Å²) in [7, 11) is 0. The molecule has 0 fully saturated rings. The molecule has 0 aliphatic carbocycles. The number of halogens is 3. The second-order valence-electron chi connectivity index (χ2n) is 4.85. The monoisotopic (exact) mass is 293 g/mol. The Hall–Kier alpha value is -2.30. The molecule has 0 spiro atoms. The quantitative estimate of drug-likeness (QED) is 0.863. The maximum absolute atomic E-state index is 12.7. The lowest BCUT2D eigenvalue weighted by molar-refractivity contribution is -0.137. The van der Waals surface area contributed by atoms with Gasteiger partial charge in [-0.1, -0.05) is 23.8 Å². The van der Waals surface area contributed by atoms with Crippen LogP contribution in [0.4, 0.5) is 18.9 Å². The van der Waals surface area contributed by atoms with Crippen LogP contribution < -0.4 is 5.32 Å². The van der Waals surface area contributed by atoms with E-state index in [0.717, 1.165) is 17.7 Å². The SMILES string of the molecule is Cc1cccc(C(=O)Nc2cc(C(F)(F)F)ccc2C)c1. The van der Waals surface area contributed by atoms with Crippen molar-refractivity contribution in [1.29, 1.82) is 0 Å². The van der Waals surface area contributed by atoms with Crippen molar-refractivity contribution in [2.45, 2.75) is 20.0 Å². The van der Waals surface area contributed by atoms with E-state index in [1.807, 2.05) is 13.0 Å². The van der Waals surface area contributed by atoms with E-state index in [9.17, 15) is 18.0 Å². The zero-order valence-corrected chi connectivity index (χ0v) is 11.6. The number of amides is 1. The van der Waals surface area contributed by atoms with E-state index < -0.39 is 17.6 Å². The van der Waals surface area contributed by atoms with E-state index in [2.05, 4.69) is 5.32 Å². The molecule has 1 amide bonds. The Labute approximate surface area is 120 Å². The topological polar surface area (TPSA) is 29.1 Å². The molecule has 110 valence electrons. The van der Waals surface area contributed by atoms with Gasteiger partial charge in [0.25, 0.3) is 5.91 Å². The first-order valence-corrected chi connectivity index (χ1v) is 6.33. The smallest absolute Gasteiger partial charge is 0.322 e. The number of alkyl halides is 3. The summed E-state index contributed by atoms with van der Waals surface area (Å²) in [6.07, 6.45) is -4.43. The number of benzene rings is 2. The van der Waals surface area contributed by atoms with Gasteiger partial charge in [-0.15, -0.1) is 0 Å². The molecule has 0 atom stereocenters. The van der Waals surface area contributed by atoms with Crippen LogP contribution in [0.5, 0.6) is 0 Å². The van der Waals surface area contributed by atoms with Crippen molar-refractivity contribution < 1.29 is 18.0 Å². The largest absolute Gasteiger partial charge is 0.416 e. The number of carbonyl (C=O) groups is 1. The molecule has 0 unspecified atom stereocenters. The maximum Gasteiger partial charge on any atom is 0.416 e. The van der Waals surface area contributed by atoms with Gasteiger partial charge in [0.1, 0.15) is 0 Å². The van der Waals surface area contributed by atoms with Gasteiger partial charge >= 0.3 is 6.18 Å². The average molecular weight is 293 g/mol. The minimum absolute atomic E-state index is 0.163. The summed E-state index contributed by atoms with van der Waals surface area (Å²) >= 11 is 0. The number of nitrogens with one attached hydrogen (secondary N) is 1. The van der Waals surface area contributed by atoms with Gasteiger partial charge in [0.2, 0.25) is 0 Å². The zero-order chi connectivity index (χ0) is 15.6. The predicted molar refractivity (Wildman–Crippen MR) is 75.3 cm³/mol. The second kappa shape index (κ2) is 5.60. The van der Waals surface area contributed by atoms with Gasteiger partial charge in [-0.25, -0.2) is 0 Å². The minimum Gasteiger partial charge on any atom is -0.322 e.